The molecule has 2 aliphatic rings. The van der Waals surface area contributed by atoms with E-state index in [4.69, 9.17) is 4.74 Å². The highest BCUT2D eigenvalue weighted by Crippen LogP contribution is 2.37. The number of ether oxygens (including phenoxy) is 1. The van der Waals surface area contributed by atoms with Gasteiger partial charge in [0.2, 0.25) is 0 Å². The maximum absolute atomic E-state index is 5.92. The second-order valence-electron chi connectivity index (χ2n) is 5.88. The van der Waals surface area contributed by atoms with Crippen molar-refractivity contribution in [2.45, 2.75) is 64.8 Å². The second-order valence-corrected chi connectivity index (χ2v) is 5.88. The van der Waals surface area contributed by atoms with E-state index in [-0.39, 0.29) is 0 Å². The topological polar surface area (TPSA) is 21.3 Å². The van der Waals surface area contributed by atoms with Crippen molar-refractivity contribution in [2.75, 3.05) is 13.2 Å². The summed E-state index contributed by atoms with van der Waals surface area (Å²) in [4.78, 5) is 0. The third kappa shape index (κ3) is 3.50. The largest absolute Gasteiger partial charge is 0.497 e. The van der Waals surface area contributed by atoms with Crippen LogP contribution in [0.5, 0.6) is 0 Å². The molecule has 2 rings (SSSR count). The molecule has 0 aromatic heterocycles. The van der Waals surface area contributed by atoms with E-state index < -0.39 is 0 Å². The fourth-order valence-corrected chi connectivity index (χ4v) is 3.38. The first kappa shape index (κ1) is 13.9. The lowest BCUT2D eigenvalue weighted by molar-refractivity contribution is 0.150. The summed E-state index contributed by atoms with van der Waals surface area (Å²) in [5.74, 6) is 2.99. The Bertz CT molecular complexity index is 274. The molecule has 1 saturated carbocycles. The molecule has 2 nitrogen and oxygen atoms in total. The van der Waals surface area contributed by atoms with E-state index in [1.165, 1.54) is 50.7 Å². The predicted molar refractivity (Wildman–Crippen MR) is 76.5 cm³/mol. The van der Waals surface area contributed by atoms with Gasteiger partial charge in [-0.15, -0.1) is 0 Å². The molecule has 1 heterocycles. The smallest absolute Gasteiger partial charge is 0.109 e. The summed E-state index contributed by atoms with van der Waals surface area (Å²) in [6, 6.07) is 0.488. The molecule has 3 unspecified atom stereocenters. The minimum atomic E-state index is 0.488. The Morgan fingerprint density at radius 3 is 2.89 bits per heavy atom. The molecule has 1 N–H and O–H groups in total. The molecule has 0 saturated heterocycles. The van der Waals surface area contributed by atoms with E-state index in [1.54, 1.807) is 0 Å². The zero-order chi connectivity index (χ0) is 12.8. The monoisotopic (exact) mass is 251 g/mol. The first-order chi connectivity index (χ1) is 8.85. The number of hydrogen-bond acceptors (Lipinski definition) is 2. The van der Waals surface area contributed by atoms with Gasteiger partial charge in [0.25, 0.3) is 0 Å². The molecule has 0 spiro atoms. The van der Waals surface area contributed by atoms with Gasteiger partial charge in [0.15, 0.2) is 0 Å². The molecule has 1 fully saturated rings. The average molecular weight is 251 g/mol. The van der Waals surface area contributed by atoms with Crippen molar-refractivity contribution in [1.29, 1.82) is 0 Å². The van der Waals surface area contributed by atoms with Gasteiger partial charge < -0.3 is 10.1 Å². The lowest BCUT2D eigenvalue weighted by atomic mass is 9.93. The Hall–Kier alpha value is -0.500. The van der Waals surface area contributed by atoms with Crippen LogP contribution in [0, 0.1) is 11.8 Å². The molecule has 1 aliphatic heterocycles. The van der Waals surface area contributed by atoms with E-state index in [2.05, 4.69) is 25.2 Å². The van der Waals surface area contributed by atoms with Gasteiger partial charge in [-0.1, -0.05) is 26.7 Å². The fourth-order valence-electron chi connectivity index (χ4n) is 3.38. The van der Waals surface area contributed by atoms with Crippen LogP contribution in [0.1, 0.15) is 58.8 Å². The number of nitrogens with one attached hydrogen (secondary N) is 1. The summed E-state index contributed by atoms with van der Waals surface area (Å²) in [6.45, 7) is 6.60. The van der Waals surface area contributed by atoms with Crippen molar-refractivity contribution in [3.8, 4) is 0 Å². The molecule has 0 aromatic carbocycles. The summed E-state index contributed by atoms with van der Waals surface area (Å²) < 4.78 is 5.92. The normalized spacial score (nSPS) is 29.8. The summed E-state index contributed by atoms with van der Waals surface area (Å²) in [5, 5.41) is 3.73. The molecule has 104 valence electrons. The molecule has 3 atom stereocenters. The third-order valence-electron chi connectivity index (χ3n) is 4.51. The summed E-state index contributed by atoms with van der Waals surface area (Å²) in [5.41, 5.74) is 0. The minimum Gasteiger partial charge on any atom is -0.497 e. The molecule has 1 aliphatic carbocycles. The van der Waals surface area contributed by atoms with Gasteiger partial charge in [0, 0.05) is 0 Å². The third-order valence-corrected chi connectivity index (χ3v) is 4.51. The van der Waals surface area contributed by atoms with Crippen molar-refractivity contribution in [3.05, 3.63) is 11.8 Å². The zero-order valence-electron chi connectivity index (χ0n) is 12.1. The molecular weight excluding hydrogens is 222 g/mol. The number of allylic oxidation sites excluding steroid dienone is 1. The van der Waals surface area contributed by atoms with Gasteiger partial charge in [-0.05, 0) is 56.6 Å². The quantitative estimate of drug-likeness (QED) is 0.773. The van der Waals surface area contributed by atoms with Gasteiger partial charge in [0.1, 0.15) is 5.76 Å². The van der Waals surface area contributed by atoms with Crippen LogP contribution in [0.3, 0.4) is 0 Å². The Balaban J connectivity index is 1.98. The Morgan fingerprint density at radius 2 is 2.28 bits per heavy atom. The van der Waals surface area contributed by atoms with Gasteiger partial charge in [-0.2, -0.15) is 0 Å². The van der Waals surface area contributed by atoms with Gasteiger partial charge >= 0.3 is 0 Å². The first-order valence-electron chi connectivity index (χ1n) is 7.91. The molecule has 18 heavy (non-hydrogen) atoms. The number of hydrogen-bond donors (Lipinski definition) is 1. The van der Waals surface area contributed by atoms with Crippen LogP contribution < -0.4 is 5.32 Å². The Kier molecular flexibility index (Phi) is 5.55. The van der Waals surface area contributed by atoms with Gasteiger partial charge in [-0.3, -0.25) is 0 Å². The van der Waals surface area contributed by atoms with Crippen molar-refractivity contribution in [3.63, 3.8) is 0 Å². The highest BCUT2D eigenvalue weighted by molar-refractivity contribution is 5.09. The molecule has 0 amide bonds. The molecule has 0 aromatic rings. The van der Waals surface area contributed by atoms with E-state index in [1.807, 2.05) is 0 Å². The Morgan fingerprint density at radius 1 is 1.39 bits per heavy atom. The van der Waals surface area contributed by atoms with Crippen molar-refractivity contribution in [2.24, 2.45) is 11.8 Å². The molecular formula is C16H29NO. The van der Waals surface area contributed by atoms with Crippen molar-refractivity contribution in [1.82, 2.24) is 5.32 Å². The molecule has 0 radical (unpaired) electrons. The second kappa shape index (κ2) is 7.18. The van der Waals surface area contributed by atoms with Gasteiger partial charge in [0.05, 0.1) is 12.6 Å². The highest BCUT2D eigenvalue weighted by Gasteiger charge is 2.32. The minimum absolute atomic E-state index is 0.488. The standard InChI is InChI=1S/C16H29NO/c1-3-10-17-16(15-7-5-6-11-18-15)14-9-8-13(4-2)12-14/h7,13-14,16-17H,3-6,8-12H2,1-2H3. The first-order valence-corrected chi connectivity index (χ1v) is 7.91. The average Bonchev–Trinajstić information content (AvgIpc) is 2.89. The maximum Gasteiger partial charge on any atom is 0.109 e. The SMILES string of the molecule is CCCNC(C1=CCCCO1)C1CCC(CC)C1. The van der Waals surface area contributed by atoms with Crippen LogP contribution in [0.2, 0.25) is 0 Å². The van der Waals surface area contributed by atoms with Crippen LogP contribution in [0.15, 0.2) is 11.8 Å². The summed E-state index contributed by atoms with van der Waals surface area (Å²) in [6.07, 6.45) is 11.4. The van der Waals surface area contributed by atoms with Gasteiger partial charge in [-0.25, -0.2) is 0 Å². The zero-order valence-corrected chi connectivity index (χ0v) is 12.1. The Labute approximate surface area is 112 Å². The van der Waals surface area contributed by atoms with Crippen molar-refractivity contribution >= 4 is 0 Å². The molecule has 2 heteroatoms. The van der Waals surface area contributed by atoms with Crippen LogP contribution in [-0.4, -0.2) is 19.2 Å². The van der Waals surface area contributed by atoms with E-state index in [0.29, 0.717) is 6.04 Å². The van der Waals surface area contributed by atoms with E-state index >= 15 is 0 Å². The lowest BCUT2D eigenvalue weighted by Gasteiger charge is -2.29. The number of rotatable bonds is 6. The van der Waals surface area contributed by atoms with Crippen molar-refractivity contribution < 1.29 is 4.74 Å². The van der Waals surface area contributed by atoms with Crippen LogP contribution >= 0.6 is 0 Å². The highest BCUT2D eigenvalue weighted by atomic mass is 16.5. The maximum atomic E-state index is 5.92. The van der Waals surface area contributed by atoms with E-state index in [9.17, 15) is 0 Å². The fraction of sp³-hybridized carbons (Fsp3) is 0.875. The van der Waals surface area contributed by atoms with Crippen LogP contribution in [0.4, 0.5) is 0 Å². The van der Waals surface area contributed by atoms with Crippen LogP contribution in [-0.2, 0) is 4.74 Å². The predicted octanol–water partition coefficient (Wildman–Crippen LogP) is 3.88. The summed E-state index contributed by atoms with van der Waals surface area (Å²) in [7, 11) is 0. The lowest BCUT2D eigenvalue weighted by Crippen LogP contribution is -2.39. The summed E-state index contributed by atoms with van der Waals surface area (Å²) >= 11 is 0. The van der Waals surface area contributed by atoms with Crippen LogP contribution in [0.25, 0.3) is 0 Å². The van der Waals surface area contributed by atoms with E-state index in [0.717, 1.165) is 25.0 Å². The molecule has 0 bridgehead atoms.